The first kappa shape index (κ1) is 23.7. The number of aryl methyl sites for hydroxylation is 1. The van der Waals surface area contributed by atoms with Crippen LogP contribution in [0.5, 0.6) is 5.75 Å². The number of carboxylic acids is 1. The van der Waals surface area contributed by atoms with E-state index >= 15 is 0 Å². The zero-order valence-corrected chi connectivity index (χ0v) is 18.7. The molecule has 0 spiro atoms. The van der Waals surface area contributed by atoms with Gasteiger partial charge < -0.3 is 9.84 Å². The number of benzene rings is 1. The van der Waals surface area contributed by atoms with Gasteiger partial charge in [0, 0.05) is 23.1 Å². The van der Waals surface area contributed by atoms with Crippen LogP contribution in [0.3, 0.4) is 0 Å². The summed E-state index contributed by atoms with van der Waals surface area (Å²) in [4.78, 5) is 16.3. The number of hydrogen-bond donors (Lipinski definition) is 1. The molecule has 0 bridgehead atoms. The zero-order chi connectivity index (χ0) is 24.5. The van der Waals surface area contributed by atoms with Crippen LogP contribution in [0.2, 0.25) is 0 Å². The first-order valence-corrected chi connectivity index (χ1v) is 11.0. The van der Waals surface area contributed by atoms with Gasteiger partial charge in [0.25, 0.3) is 0 Å². The Morgan fingerprint density at radius 1 is 1.32 bits per heavy atom. The van der Waals surface area contributed by atoms with Gasteiger partial charge in [0.05, 0.1) is 29.6 Å². The van der Waals surface area contributed by atoms with Crippen LogP contribution in [-0.4, -0.2) is 38.6 Å². The summed E-state index contributed by atoms with van der Waals surface area (Å²) in [6.45, 7) is 1.97. The summed E-state index contributed by atoms with van der Waals surface area (Å²) < 4.78 is 60.9. The van der Waals surface area contributed by atoms with Gasteiger partial charge in [0.1, 0.15) is 23.5 Å². The summed E-state index contributed by atoms with van der Waals surface area (Å²) >= 11 is 1.22. The van der Waals surface area contributed by atoms with Crippen molar-refractivity contribution in [1.82, 2.24) is 14.8 Å². The van der Waals surface area contributed by atoms with Crippen LogP contribution < -0.4 is 4.74 Å². The molecule has 1 aliphatic carbocycles. The van der Waals surface area contributed by atoms with Crippen LogP contribution in [0.25, 0.3) is 10.6 Å². The Hall–Kier alpha value is -3.47. The van der Waals surface area contributed by atoms with Gasteiger partial charge in [-0.15, -0.1) is 11.3 Å². The van der Waals surface area contributed by atoms with Crippen molar-refractivity contribution >= 4 is 17.3 Å². The smallest absolute Gasteiger partial charge is 0.416 e. The van der Waals surface area contributed by atoms with Crippen molar-refractivity contribution in [2.75, 3.05) is 6.61 Å². The molecule has 6 nitrogen and oxygen atoms in total. The highest BCUT2D eigenvalue weighted by atomic mass is 32.1. The second-order valence-electron chi connectivity index (χ2n) is 7.68. The average Bonchev–Trinajstić information content (AvgIpc) is 3.40. The molecule has 3 aromatic rings. The number of nitrogens with zero attached hydrogens (tertiary/aromatic N) is 3. The topological polar surface area (TPSA) is 77.2 Å². The Morgan fingerprint density at radius 3 is 2.76 bits per heavy atom. The van der Waals surface area contributed by atoms with Crippen LogP contribution in [-0.2, 0) is 12.7 Å². The van der Waals surface area contributed by atoms with E-state index in [1.165, 1.54) is 40.6 Å². The third-order valence-electron chi connectivity index (χ3n) is 5.10. The number of hydrogen-bond acceptors (Lipinski definition) is 5. The van der Waals surface area contributed by atoms with Crippen molar-refractivity contribution in [2.45, 2.75) is 32.2 Å². The van der Waals surface area contributed by atoms with E-state index in [0.29, 0.717) is 16.3 Å². The summed E-state index contributed by atoms with van der Waals surface area (Å²) in [6, 6.07) is 3.42. The normalized spacial score (nSPS) is 15.9. The molecule has 178 valence electrons. The number of rotatable bonds is 7. The number of thiazole rings is 1. The minimum absolute atomic E-state index is 0.0112. The number of carboxylic acid groups (broad SMARTS) is 1. The molecule has 2 aromatic heterocycles. The summed E-state index contributed by atoms with van der Waals surface area (Å²) in [6.07, 6.45) is 1.72. The van der Waals surface area contributed by atoms with Crippen LogP contribution in [0.4, 0.5) is 17.6 Å². The fourth-order valence-electron chi connectivity index (χ4n) is 3.29. The third-order valence-corrected chi connectivity index (χ3v) is 6.16. The lowest BCUT2D eigenvalue weighted by Crippen LogP contribution is -2.08. The predicted molar refractivity (Wildman–Crippen MR) is 118 cm³/mol. The second kappa shape index (κ2) is 9.41. The Balaban J connectivity index is 1.60. The predicted octanol–water partition coefficient (Wildman–Crippen LogP) is 5.68. The van der Waals surface area contributed by atoms with Crippen LogP contribution in [0.15, 0.2) is 54.4 Å². The van der Waals surface area contributed by atoms with Crippen molar-refractivity contribution in [3.63, 3.8) is 0 Å². The maximum atomic E-state index is 13.5. The standard InChI is InChI=1S/C23H19F4N3O3S/c1-13-20(11-30-10-16(9-28-30)22(31)32)29-21(34-13)15-6-17(23(25,26)27)8-19(7-15)33-12-14-2-4-18(24)5-3-14/h2-4,6-10,18H,5,11-12H2,1H3,(H,31,32). The maximum absolute atomic E-state index is 13.5. The van der Waals surface area contributed by atoms with Crippen LogP contribution >= 0.6 is 11.3 Å². The van der Waals surface area contributed by atoms with Gasteiger partial charge in [-0.2, -0.15) is 18.3 Å². The molecule has 2 heterocycles. The first-order valence-electron chi connectivity index (χ1n) is 10.2. The Labute approximate surface area is 195 Å². The molecule has 0 saturated heterocycles. The van der Waals surface area contributed by atoms with Gasteiger partial charge in [-0.1, -0.05) is 18.2 Å². The van der Waals surface area contributed by atoms with E-state index in [1.54, 1.807) is 19.1 Å². The monoisotopic (exact) mass is 493 g/mol. The molecule has 0 fully saturated rings. The molecule has 0 aliphatic heterocycles. The van der Waals surface area contributed by atoms with Crippen molar-refractivity contribution < 1.29 is 32.2 Å². The largest absolute Gasteiger partial charge is 0.489 e. The van der Waals surface area contributed by atoms with Gasteiger partial charge in [0.15, 0.2) is 0 Å². The van der Waals surface area contributed by atoms with Gasteiger partial charge in [-0.25, -0.2) is 14.2 Å². The van der Waals surface area contributed by atoms with Crippen LogP contribution in [0.1, 0.15) is 32.9 Å². The molecule has 1 aliphatic rings. The molecule has 4 rings (SSSR count). The molecule has 0 saturated carbocycles. The van der Waals surface area contributed by atoms with Gasteiger partial charge in [-0.05, 0) is 30.7 Å². The Morgan fingerprint density at radius 2 is 2.12 bits per heavy atom. The van der Waals surface area contributed by atoms with Gasteiger partial charge in [-0.3, -0.25) is 4.68 Å². The van der Waals surface area contributed by atoms with E-state index in [4.69, 9.17) is 9.84 Å². The minimum atomic E-state index is -4.59. The molecule has 34 heavy (non-hydrogen) atoms. The molecule has 0 radical (unpaired) electrons. The van der Waals surface area contributed by atoms with E-state index in [2.05, 4.69) is 10.1 Å². The average molecular weight is 493 g/mol. The first-order chi connectivity index (χ1) is 16.1. The summed E-state index contributed by atoms with van der Waals surface area (Å²) in [5.41, 5.74) is 0.647. The van der Waals surface area contributed by atoms with E-state index < -0.39 is 23.9 Å². The van der Waals surface area contributed by atoms with E-state index in [0.717, 1.165) is 17.0 Å². The van der Waals surface area contributed by atoms with Gasteiger partial charge in [0.2, 0.25) is 0 Å². The number of halogens is 4. The lowest BCUT2D eigenvalue weighted by molar-refractivity contribution is -0.137. The highest BCUT2D eigenvalue weighted by Crippen LogP contribution is 2.37. The molecule has 0 amide bonds. The maximum Gasteiger partial charge on any atom is 0.416 e. The van der Waals surface area contributed by atoms with Gasteiger partial charge >= 0.3 is 12.1 Å². The lowest BCUT2D eigenvalue weighted by Gasteiger charge is -2.14. The molecular formula is C23H19F4N3O3S. The number of ether oxygens (including phenoxy) is 1. The summed E-state index contributed by atoms with van der Waals surface area (Å²) in [5, 5.41) is 13.4. The zero-order valence-electron chi connectivity index (χ0n) is 17.8. The van der Waals surface area contributed by atoms with E-state index in [-0.39, 0.29) is 36.4 Å². The Kier molecular flexibility index (Phi) is 6.56. The quantitative estimate of drug-likeness (QED) is 0.429. The molecule has 1 atom stereocenters. The SMILES string of the molecule is Cc1sc(-c2cc(OCC3=CCC(F)C=C3)cc(C(F)(F)F)c2)nc1Cn1cc(C(=O)O)cn1. The van der Waals surface area contributed by atoms with Crippen LogP contribution in [0, 0.1) is 6.92 Å². The van der Waals surface area contributed by atoms with Crippen molar-refractivity contribution in [2.24, 2.45) is 0 Å². The number of aromatic carboxylic acids is 1. The van der Waals surface area contributed by atoms with Crippen molar-refractivity contribution in [1.29, 1.82) is 0 Å². The summed E-state index contributed by atoms with van der Waals surface area (Å²) in [7, 11) is 0. The molecule has 1 aromatic carbocycles. The highest BCUT2D eigenvalue weighted by molar-refractivity contribution is 7.15. The number of carbonyl (C=O) groups is 1. The number of aromatic nitrogens is 3. The Bertz CT molecular complexity index is 1280. The van der Waals surface area contributed by atoms with E-state index in [9.17, 15) is 22.4 Å². The third kappa shape index (κ3) is 5.53. The van der Waals surface area contributed by atoms with Crippen molar-refractivity contribution in [3.8, 4) is 16.3 Å². The lowest BCUT2D eigenvalue weighted by atomic mass is 10.1. The fourth-order valence-corrected chi connectivity index (χ4v) is 4.20. The molecule has 11 heteroatoms. The summed E-state index contributed by atoms with van der Waals surface area (Å²) in [5.74, 6) is -1.09. The number of allylic oxidation sites excluding steroid dienone is 2. The van der Waals surface area contributed by atoms with E-state index in [1.807, 2.05) is 0 Å². The second-order valence-corrected chi connectivity index (χ2v) is 8.88. The highest BCUT2D eigenvalue weighted by Gasteiger charge is 2.32. The fraction of sp³-hybridized carbons (Fsp3) is 0.261. The molecule has 1 N–H and O–H groups in total. The molecular weight excluding hydrogens is 474 g/mol. The molecule has 1 unspecified atom stereocenters. The van der Waals surface area contributed by atoms with Crippen molar-refractivity contribution in [3.05, 3.63) is 76.1 Å². The minimum Gasteiger partial charge on any atom is -0.489 e. The number of alkyl halides is 4.